The van der Waals surface area contributed by atoms with Crippen molar-refractivity contribution in [2.75, 3.05) is 5.73 Å². The van der Waals surface area contributed by atoms with Gasteiger partial charge in [-0.2, -0.15) is 4.98 Å². The van der Waals surface area contributed by atoms with E-state index < -0.39 is 11.5 Å². The Balaban J connectivity index is 1.77. The number of benzene rings is 1. The van der Waals surface area contributed by atoms with E-state index in [0.717, 1.165) is 0 Å². The summed E-state index contributed by atoms with van der Waals surface area (Å²) in [5.74, 6) is -0.229. The molecule has 2 aromatic heterocycles. The van der Waals surface area contributed by atoms with E-state index in [2.05, 4.69) is 20.5 Å². The van der Waals surface area contributed by atoms with Crippen LogP contribution in [0.3, 0.4) is 0 Å². The molecule has 1 amide bonds. The number of hydrogen-bond donors (Lipinski definition) is 3. The number of aromatic amines is 1. The van der Waals surface area contributed by atoms with Crippen molar-refractivity contribution in [1.82, 2.24) is 25.1 Å². The van der Waals surface area contributed by atoms with Crippen LogP contribution in [0.1, 0.15) is 45.1 Å². The maximum Gasteiger partial charge on any atom is 0.268 e. The van der Waals surface area contributed by atoms with Crippen LogP contribution in [0.15, 0.2) is 41.2 Å². The molecule has 1 aliphatic rings. The van der Waals surface area contributed by atoms with Gasteiger partial charge in [-0.15, -0.1) is 5.10 Å². The third kappa shape index (κ3) is 3.18. The molecule has 1 aromatic carbocycles. The van der Waals surface area contributed by atoms with Crippen molar-refractivity contribution in [2.45, 2.75) is 25.8 Å². The summed E-state index contributed by atoms with van der Waals surface area (Å²) in [6.07, 6.45) is 1.68. The second-order valence-corrected chi connectivity index (χ2v) is 6.49. The number of aromatic nitrogens is 4. The highest BCUT2D eigenvalue weighted by Gasteiger charge is 2.26. The number of ketones is 1. The van der Waals surface area contributed by atoms with E-state index in [4.69, 9.17) is 5.73 Å². The molecule has 0 bridgehead atoms. The van der Waals surface area contributed by atoms with Crippen LogP contribution in [0.5, 0.6) is 0 Å². The van der Waals surface area contributed by atoms with E-state index in [0.29, 0.717) is 42.0 Å². The maximum absolute atomic E-state index is 13.1. The predicted octanol–water partition coefficient (Wildman–Crippen LogP) is 0.987. The largest absolute Gasteiger partial charge is 0.367 e. The maximum atomic E-state index is 13.1. The number of pyridine rings is 1. The van der Waals surface area contributed by atoms with Crippen molar-refractivity contribution >= 4 is 17.6 Å². The standard InChI is InChI=1S/C19H18N6O3/c20-19-22-16(23-24-19)10-21-17(27)13-9-12-14(7-4-8-15(12)26)25(18(13)28)11-5-2-1-3-6-11/h1-3,5-6,9H,4,7-8,10H2,(H,21,27)(H3,20,22,23,24). The molecule has 0 atom stereocenters. The van der Waals surface area contributed by atoms with E-state index in [1.807, 2.05) is 6.07 Å². The number of carbonyl (C=O) groups is 2. The number of Topliss-reactive ketones (excluding diaryl/α,β-unsaturated/α-hetero) is 1. The molecule has 1 aliphatic carbocycles. The van der Waals surface area contributed by atoms with E-state index >= 15 is 0 Å². The zero-order valence-electron chi connectivity index (χ0n) is 14.9. The fraction of sp³-hybridized carbons (Fsp3) is 0.211. The van der Waals surface area contributed by atoms with E-state index in [9.17, 15) is 14.4 Å². The zero-order valence-corrected chi connectivity index (χ0v) is 14.9. The van der Waals surface area contributed by atoms with Crippen LogP contribution in [0.4, 0.5) is 5.95 Å². The van der Waals surface area contributed by atoms with Crippen LogP contribution in [0, 0.1) is 0 Å². The average Bonchev–Trinajstić information content (AvgIpc) is 3.12. The molecule has 0 saturated heterocycles. The van der Waals surface area contributed by atoms with Crippen molar-refractivity contribution in [2.24, 2.45) is 0 Å². The van der Waals surface area contributed by atoms with Crippen molar-refractivity contribution in [3.8, 4) is 5.69 Å². The van der Waals surface area contributed by atoms with Gasteiger partial charge in [0.15, 0.2) is 5.78 Å². The first kappa shape index (κ1) is 17.7. The number of carbonyl (C=O) groups excluding carboxylic acids is 2. The van der Waals surface area contributed by atoms with E-state index in [1.54, 1.807) is 24.3 Å². The first-order valence-electron chi connectivity index (χ1n) is 8.87. The molecule has 3 aromatic rings. The number of fused-ring (bicyclic) bond motifs is 1. The Kier molecular flexibility index (Phi) is 4.48. The lowest BCUT2D eigenvalue weighted by Gasteiger charge is -2.21. The first-order chi connectivity index (χ1) is 13.5. The molecule has 0 fully saturated rings. The van der Waals surface area contributed by atoms with Gasteiger partial charge < -0.3 is 11.1 Å². The highest BCUT2D eigenvalue weighted by Crippen LogP contribution is 2.23. The summed E-state index contributed by atoms with van der Waals surface area (Å²) in [5, 5.41) is 8.89. The molecular weight excluding hydrogens is 360 g/mol. The summed E-state index contributed by atoms with van der Waals surface area (Å²) in [6.45, 7) is 0.0266. The molecule has 2 heterocycles. The molecule has 4 N–H and O–H groups in total. The van der Waals surface area contributed by atoms with E-state index in [-0.39, 0.29) is 23.8 Å². The molecule has 9 nitrogen and oxygen atoms in total. The third-order valence-corrected chi connectivity index (χ3v) is 4.65. The number of nitrogen functional groups attached to an aromatic ring is 1. The summed E-state index contributed by atoms with van der Waals surface area (Å²) >= 11 is 0. The summed E-state index contributed by atoms with van der Waals surface area (Å²) in [4.78, 5) is 42.2. The lowest BCUT2D eigenvalue weighted by molar-refractivity contribution is 0.0948. The van der Waals surface area contributed by atoms with Crippen LogP contribution in [-0.4, -0.2) is 31.4 Å². The van der Waals surface area contributed by atoms with Gasteiger partial charge in [-0.3, -0.25) is 24.0 Å². The quantitative estimate of drug-likeness (QED) is 0.619. The Labute approximate surface area is 159 Å². The van der Waals surface area contributed by atoms with E-state index in [1.165, 1.54) is 10.6 Å². The second kappa shape index (κ2) is 7.10. The SMILES string of the molecule is Nc1n[nH]c(CNC(=O)c2cc3c(n(-c4ccccc4)c2=O)CCCC3=O)n1. The average molecular weight is 378 g/mol. The predicted molar refractivity (Wildman–Crippen MR) is 101 cm³/mol. The van der Waals surface area contributed by atoms with Crippen molar-refractivity contribution in [3.63, 3.8) is 0 Å². The molecule has 0 aliphatic heterocycles. The van der Waals surface area contributed by atoms with Gasteiger partial charge in [-0.05, 0) is 31.0 Å². The van der Waals surface area contributed by atoms with Gasteiger partial charge in [0.25, 0.3) is 11.5 Å². The molecule has 0 spiro atoms. The number of nitrogens with zero attached hydrogens (tertiary/aromatic N) is 3. The lowest BCUT2D eigenvalue weighted by Crippen LogP contribution is -2.36. The number of rotatable bonds is 4. The Hall–Kier alpha value is -3.75. The van der Waals surface area contributed by atoms with Gasteiger partial charge in [0, 0.05) is 23.4 Å². The third-order valence-electron chi connectivity index (χ3n) is 4.65. The second-order valence-electron chi connectivity index (χ2n) is 6.49. The molecule has 0 unspecified atom stereocenters. The molecule has 9 heteroatoms. The molecule has 0 radical (unpaired) electrons. The summed E-state index contributed by atoms with van der Waals surface area (Å²) < 4.78 is 1.47. The minimum Gasteiger partial charge on any atom is -0.367 e. The Bertz CT molecular complexity index is 1120. The minimum absolute atomic E-state index is 0.0266. The molecule has 4 rings (SSSR count). The first-order valence-corrected chi connectivity index (χ1v) is 8.87. The van der Waals surface area contributed by atoms with Gasteiger partial charge in [0.1, 0.15) is 11.4 Å². The monoisotopic (exact) mass is 378 g/mol. The Morgan fingerprint density at radius 3 is 2.71 bits per heavy atom. The number of nitrogens with two attached hydrogens (primary N) is 1. The number of amides is 1. The molecular formula is C19H18N6O3. The highest BCUT2D eigenvalue weighted by molar-refractivity contribution is 6.01. The Morgan fingerprint density at radius 2 is 2.00 bits per heavy atom. The summed E-state index contributed by atoms with van der Waals surface area (Å²) in [6, 6.07) is 10.4. The van der Waals surface area contributed by atoms with Gasteiger partial charge in [-0.1, -0.05) is 18.2 Å². The van der Waals surface area contributed by atoms with Crippen LogP contribution in [-0.2, 0) is 13.0 Å². The van der Waals surface area contributed by atoms with Gasteiger partial charge in [0.2, 0.25) is 5.95 Å². The van der Waals surface area contributed by atoms with Crippen molar-refractivity contribution in [1.29, 1.82) is 0 Å². The smallest absolute Gasteiger partial charge is 0.268 e. The van der Waals surface area contributed by atoms with Crippen LogP contribution in [0.25, 0.3) is 5.69 Å². The van der Waals surface area contributed by atoms with Crippen molar-refractivity contribution in [3.05, 3.63) is 69.4 Å². The number of anilines is 1. The molecule has 28 heavy (non-hydrogen) atoms. The summed E-state index contributed by atoms with van der Waals surface area (Å²) in [5.41, 5.74) is 6.57. The van der Waals surface area contributed by atoms with Gasteiger partial charge >= 0.3 is 0 Å². The van der Waals surface area contributed by atoms with Gasteiger partial charge in [-0.25, -0.2) is 0 Å². The van der Waals surface area contributed by atoms with Crippen LogP contribution >= 0.6 is 0 Å². The number of nitrogens with one attached hydrogen (secondary N) is 2. The fourth-order valence-corrected chi connectivity index (χ4v) is 3.35. The minimum atomic E-state index is -0.592. The molecule has 0 saturated carbocycles. The number of H-pyrrole nitrogens is 1. The lowest BCUT2D eigenvalue weighted by atomic mass is 9.92. The van der Waals surface area contributed by atoms with Crippen molar-refractivity contribution < 1.29 is 9.59 Å². The topological polar surface area (TPSA) is 136 Å². The Morgan fingerprint density at radius 1 is 1.21 bits per heavy atom. The zero-order chi connectivity index (χ0) is 19.7. The van der Waals surface area contributed by atoms with Gasteiger partial charge in [0.05, 0.1) is 6.54 Å². The molecule has 142 valence electrons. The highest BCUT2D eigenvalue weighted by atomic mass is 16.2. The number of para-hydroxylation sites is 1. The fourth-order valence-electron chi connectivity index (χ4n) is 3.35. The number of hydrogen-bond acceptors (Lipinski definition) is 6. The normalized spacial score (nSPS) is 13.2. The van der Waals surface area contributed by atoms with Crippen LogP contribution in [0.2, 0.25) is 0 Å². The summed E-state index contributed by atoms with van der Waals surface area (Å²) in [7, 11) is 0. The van der Waals surface area contributed by atoms with Crippen LogP contribution < -0.4 is 16.6 Å².